The van der Waals surface area contributed by atoms with E-state index < -0.39 is 5.60 Å². The Kier molecular flexibility index (Phi) is 6.57. The first-order valence-electron chi connectivity index (χ1n) is 8.38. The molecule has 0 fully saturated rings. The monoisotopic (exact) mass is 322 g/mol. The number of rotatable bonds is 8. The number of nitrogens with one attached hydrogen (secondary N) is 2. The number of aromatic amines is 1. The van der Waals surface area contributed by atoms with Gasteiger partial charge < -0.3 is 15.4 Å². The SMILES string of the molecule is CCCc1c(C(=O)NCC(C)(O)C(C)CC)[nH]c(C)c1C(C)=O. The van der Waals surface area contributed by atoms with E-state index in [1.165, 1.54) is 6.92 Å². The van der Waals surface area contributed by atoms with Crippen LogP contribution in [0.5, 0.6) is 0 Å². The van der Waals surface area contributed by atoms with Gasteiger partial charge in [-0.2, -0.15) is 0 Å². The van der Waals surface area contributed by atoms with E-state index in [9.17, 15) is 14.7 Å². The van der Waals surface area contributed by atoms with Crippen molar-refractivity contribution in [2.24, 2.45) is 5.92 Å². The Morgan fingerprint density at radius 2 is 1.96 bits per heavy atom. The van der Waals surface area contributed by atoms with Crippen LogP contribution in [-0.4, -0.2) is 33.9 Å². The molecule has 0 radical (unpaired) electrons. The van der Waals surface area contributed by atoms with Gasteiger partial charge in [0, 0.05) is 17.8 Å². The third-order valence-electron chi connectivity index (χ3n) is 4.65. The van der Waals surface area contributed by atoms with Gasteiger partial charge in [0.1, 0.15) is 5.69 Å². The Hall–Kier alpha value is -1.62. The van der Waals surface area contributed by atoms with Crippen molar-refractivity contribution in [3.05, 3.63) is 22.5 Å². The fourth-order valence-corrected chi connectivity index (χ4v) is 2.81. The second-order valence-corrected chi connectivity index (χ2v) is 6.63. The van der Waals surface area contributed by atoms with Crippen molar-refractivity contribution in [1.82, 2.24) is 10.3 Å². The number of amides is 1. The molecule has 5 nitrogen and oxygen atoms in total. The van der Waals surface area contributed by atoms with Gasteiger partial charge in [-0.1, -0.05) is 33.6 Å². The molecular weight excluding hydrogens is 292 g/mol. The average Bonchev–Trinajstić information content (AvgIpc) is 2.81. The minimum atomic E-state index is -0.958. The molecule has 0 aliphatic carbocycles. The van der Waals surface area contributed by atoms with Crippen molar-refractivity contribution in [2.45, 2.75) is 66.4 Å². The minimum absolute atomic E-state index is 0.0344. The fraction of sp³-hybridized carbons (Fsp3) is 0.667. The van der Waals surface area contributed by atoms with E-state index in [4.69, 9.17) is 0 Å². The quantitative estimate of drug-likeness (QED) is 0.643. The van der Waals surface area contributed by atoms with Crippen LogP contribution in [0.2, 0.25) is 0 Å². The van der Waals surface area contributed by atoms with E-state index in [-0.39, 0.29) is 24.2 Å². The van der Waals surface area contributed by atoms with Crippen LogP contribution < -0.4 is 5.32 Å². The molecule has 0 aliphatic heterocycles. The molecule has 0 bridgehead atoms. The van der Waals surface area contributed by atoms with Gasteiger partial charge >= 0.3 is 0 Å². The molecule has 1 amide bonds. The highest BCUT2D eigenvalue weighted by Gasteiger charge is 2.29. The topological polar surface area (TPSA) is 82.2 Å². The summed E-state index contributed by atoms with van der Waals surface area (Å²) in [6.07, 6.45) is 2.35. The van der Waals surface area contributed by atoms with Gasteiger partial charge in [-0.15, -0.1) is 0 Å². The number of aryl methyl sites for hydroxylation is 1. The Labute approximate surface area is 138 Å². The van der Waals surface area contributed by atoms with Gasteiger partial charge in [-0.25, -0.2) is 0 Å². The predicted molar refractivity (Wildman–Crippen MR) is 91.9 cm³/mol. The maximum absolute atomic E-state index is 12.5. The Morgan fingerprint density at radius 1 is 1.35 bits per heavy atom. The molecule has 5 heteroatoms. The highest BCUT2D eigenvalue weighted by molar-refractivity contribution is 6.02. The summed E-state index contributed by atoms with van der Waals surface area (Å²) < 4.78 is 0. The van der Waals surface area contributed by atoms with Crippen molar-refractivity contribution >= 4 is 11.7 Å². The summed E-state index contributed by atoms with van der Waals surface area (Å²) >= 11 is 0. The first-order valence-corrected chi connectivity index (χ1v) is 8.38. The van der Waals surface area contributed by atoms with Gasteiger partial charge in [0.05, 0.1) is 5.60 Å². The standard InChI is InChI=1S/C18H30N2O3/c1-7-9-14-15(13(5)21)12(4)20-16(14)17(22)19-10-18(6,23)11(3)8-2/h11,20,23H,7-10H2,1-6H3,(H,19,22). The van der Waals surface area contributed by atoms with E-state index in [2.05, 4.69) is 10.3 Å². The third kappa shape index (κ3) is 4.44. The number of ketones is 1. The molecule has 0 aliphatic rings. The molecule has 1 aromatic heterocycles. The number of H-pyrrole nitrogens is 1. The summed E-state index contributed by atoms with van der Waals surface area (Å²) in [6, 6.07) is 0. The minimum Gasteiger partial charge on any atom is -0.388 e. The van der Waals surface area contributed by atoms with Crippen LogP contribution in [0.25, 0.3) is 0 Å². The molecular formula is C18H30N2O3. The average molecular weight is 322 g/mol. The molecule has 130 valence electrons. The van der Waals surface area contributed by atoms with E-state index in [1.807, 2.05) is 27.7 Å². The molecule has 23 heavy (non-hydrogen) atoms. The van der Waals surface area contributed by atoms with E-state index in [1.54, 1.807) is 6.92 Å². The summed E-state index contributed by atoms with van der Waals surface area (Å²) in [5.41, 5.74) is 1.60. The lowest BCUT2D eigenvalue weighted by atomic mass is 9.88. The molecule has 3 N–H and O–H groups in total. The summed E-state index contributed by atoms with van der Waals surface area (Å²) in [5.74, 6) is -0.225. The first kappa shape index (κ1) is 19.4. The Bertz CT molecular complexity index is 573. The molecule has 0 saturated heterocycles. The third-order valence-corrected chi connectivity index (χ3v) is 4.65. The summed E-state index contributed by atoms with van der Waals surface area (Å²) in [4.78, 5) is 27.4. The normalized spacial score (nSPS) is 15.1. The molecule has 1 aromatic rings. The molecule has 0 saturated carbocycles. The Balaban J connectivity index is 3.00. The largest absolute Gasteiger partial charge is 0.388 e. The molecule has 1 rings (SSSR count). The number of hydrogen-bond acceptors (Lipinski definition) is 3. The fourth-order valence-electron chi connectivity index (χ4n) is 2.81. The van der Waals surface area contributed by atoms with Crippen molar-refractivity contribution in [3.63, 3.8) is 0 Å². The van der Waals surface area contributed by atoms with E-state index >= 15 is 0 Å². The van der Waals surface area contributed by atoms with Crippen molar-refractivity contribution in [3.8, 4) is 0 Å². The maximum atomic E-state index is 12.5. The van der Waals surface area contributed by atoms with Crippen LogP contribution in [0.15, 0.2) is 0 Å². The van der Waals surface area contributed by atoms with E-state index in [0.29, 0.717) is 17.7 Å². The van der Waals surface area contributed by atoms with Crippen LogP contribution in [0, 0.1) is 12.8 Å². The van der Waals surface area contributed by atoms with Crippen LogP contribution in [0.3, 0.4) is 0 Å². The van der Waals surface area contributed by atoms with Gasteiger partial charge in [-0.3, -0.25) is 9.59 Å². The maximum Gasteiger partial charge on any atom is 0.268 e. The van der Waals surface area contributed by atoms with Crippen LogP contribution in [0.4, 0.5) is 0 Å². The molecule has 1 heterocycles. The summed E-state index contributed by atoms with van der Waals surface area (Å²) in [5, 5.41) is 13.2. The van der Waals surface area contributed by atoms with E-state index in [0.717, 1.165) is 24.1 Å². The smallest absolute Gasteiger partial charge is 0.268 e. The molecule has 2 unspecified atom stereocenters. The second-order valence-electron chi connectivity index (χ2n) is 6.63. The van der Waals surface area contributed by atoms with Gasteiger partial charge in [0.15, 0.2) is 5.78 Å². The zero-order valence-electron chi connectivity index (χ0n) is 15.2. The lowest BCUT2D eigenvalue weighted by Crippen LogP contribution is -2.45. The highest BCUT2D eigenvalue weighted by atomic mass is 16.3. The van der Waals surface area contributed by atoms with Crippen LogP contribution in [-0.2, 0) is 6.42 Å². The highest BCUT2D eigenvalue weighted by Crippen LogP contribution is 2.22. The number of hydrogen-bond donors (Lipinski definition) is 3. The number of aromatic nitrogens is 1. The van der Waals surface area contributed by atoms with Crippen molar-refractivity contribution in [1.29, 1.82) is 0 Å². The molecule has 2 atom stereocenters. The summed E-state index contributed by atoms with van der Waals surface area (Å²) in [7, 11) is 0. The predicted octanol–water partition coefficient (Wildman–Crippen LogP) is 3.01. The van der Waals surface area contributed by atoms with Gasteiger partial charge in [-0.05, 0) is 38.7 Å². The number of aliphatic hydroxyl groups is 1. The van der Waals surface area contributed by atoms with Crippen LogP contribution >= 0.6 is 0 Å². The van der Waals surface area contributed by atoms with Gasteiger partial charge in [0.2, 0.25) is 0 Å². The Morgan fingerprint density at radius 3 is 2.43 bits per heavy atom. The molecule has 0 spiro atoms. The summed E-state index contributed by atoms with van der Waals surface area (Å²) in [6.45, 7) is 11.2. The second kappa shape index (κ2) is 7.77. The lowest BCUT2D eigenvalue weighted by Gasteiger charge is -2.29. The number of carbonyl (C=O) groups is 2. The first-order chi connectivity index (χ1) is 10.7. The number of carbonyl (C=O) groups excluding carboxylic acids is 2. The zero-order chi connectivity index (χ0) is 17.8. The van der Waals surface area contributed by atoms with Crippen molar-refractivity contribution in [2.75, 3.05) is 6.54 Å². The van der Waals surface area contributed by atoms with Crippen LogP contribution in [0.1, 0.15) is 79.6 Å². The lowest BCUT2D eigenvalue weighted by molar-refractivity contribution is 0.00587. The van der Waals surface area contributed by atoms with Gasteiger partial charge in [0.25, 0.3) is 5.91 Å². The van der Waals surface area contributed by atoms with Crippen molar-refractivity contribution < 1.29 is 14.7 Å². The molecule has 0 aromatic carbocycles. The number of Topliss-reactive ketones (excluding diaryl/α,β-unsaturated/α-hetero) is 1. The zero-order valence-corrected chi connectivity index (χ0v) is 15.2.